The van der Waals surface area contributed by atoms with Crippen LogP contribution in [-0.4, -0.2) is 43.1 Å². The number of nitrogens with zero attached hydrogens (tertiary/aromatic N) is 2. The van der Waals surface area contributed by atoms with Crippen LogP contribution in [0.5, 0.6) is 0 Å². The number of nitrogens with one attached hydrogen (secondary N) is 1. The molecule has 0 saturated carbocycles. The van der Waals surface area contributed by atoms with Crippen molar-refractivity contribution >= 4 is 17.7 Å². The number of benzene rings is 2. The lowest BCUT2D eigenvalue weighted by molar-refractivity contribution is -0.117. The molecule has 0 fully saturated rings. The molecule has 0 bridgehead atoms. The van der Waals surface area contributed by atoms with Crippen molar-refractivity contribution in [3.8, 4) is 11.1 Å². The van der Waals surface area contributed by atoms with Gasteiger partial charge in [0.25, 0.3) is 0 Å². The van der Waals surface area contributed by atoms with E-state index in [1.807, 2.05) is 37.8 Å². The fraction of sp³-hybridized carbons (Fsp3) is 0.440. The second kappa shape index (κ2) is 9.52. The molecule has 0 spiro atoms. The number of carbonyl (C=O) groups is 2. The Morgan fingerprint density at radius 2 is 1.77 bits per heavy atom. The maximum Gasteiger partial charge on any atom is 0.407 e. The molecule has 6 heteroatoms. The summed E-state index contributed by atoms with van der Waals surface area (Å²) in [7, 11) is 4.10. The van der Waals surface area contributed by atoms with Crippen molar-refractivity contribution in [2.24, 2.45) is 0 Å². The molecule has 2 unspecified atom stereocenters. The van der Waals surface area contributed by atoms with Crippen LogP contribution in [0.15, 0.2) is 42.5 Å². The van der Waals surface area contributed by atoms with E-state index < -0.39 is 6.09 Å². The van der Waals surface area contributed by atoms with Gasteiger partial charge in [-0.25, -0.2) is 4.79 Å². The Kier molecular flexibility index (Phi) is 7.01. The molecule has 0 aliphatic carbocycles. The summed E-state index contributed by atoms with van der Waals surface area (Å²) in [6.07, 6.45) is -0.000517. The Balaban J connectivity index is 1.96. The molecule has 1 aliphatic rings. The first kappa shape index (κ1) is 22.8. The molecule has 0 saturated heterocycles. The molecule has 2 atom stereocenters. The summed E-state index contributed by atoms with van der Waals surface area (Å²) in [6, 6.07) is 14.4. The van der Waals surface area contributed by atoms with Crippen LogP contribution in [-0.2, 0) is 16.1 Å². The predicted molar refractivity (Wildman–Crippen MR) is 124 cm³/mol. The average Bonchev–Trinajstić information content (AvgIpc) is 2.67. The Hall–Kier alpha value is -2.86. The van der Waals surface area contributed by atoms with Crippen LogP contribution in [0, 0.1) is 0 Å². The topological polar surface area (TPSA) is 61.9 Å². The molecule has 0 radical (unpaired) electrons. The summed E-state index contributed by atoms with van der Waals surface area (Å²) < 4.78 is 5.30. The van der Waals surface area contributed by atoms with Crippen molar-refractivity contribution < 1.29 is 14.3 Å². The monoisotopic (exact) mass is 423 g/mol. The zero-order valence-electron chi connectivity index (χ0n) is 19.3. The number of rotatable bonds is 5. The summed E-state index contributed by atoms with van der Waals surface area (Å²) in [5.74, 6) is -0.00209. The molecule has 0 aromatic heterocycles. The summed E-state index contributed by atoms with van der Waals surface area (Å²) in [5.41, 5.74) is 5.18. The third kappa shape index (κ3) is 5.44. The minimum Gasteiger partial charge on any atom is -0.447 e. The smallest absolute Gasteiger partial charge is 0.407 e. The summed E-state index contributed by atoms with van der Waals surface area (Å²) in [6.45, 7) is 8.13. The maximum absolute atomic E-state index is 12.3. The van der Waals surface area contributed by atoms with Gasteiger partial charge in [-0.1, -0.05) is 30.3 Å². The van der Waals surface area contributed by atoms with Gasteiger partial charge >= 0.3 is 6.09 Å². The number of ether oxygens (including phenoxy) is 1. The maximum atomic E-state index is 12.3. The van der Waals surface area contributed by atoms with Crippen LogP contribution in [0.4, 0.5) is 10.5 Å². The highest BCUT2D eigenvalue weighted by Crippen LogP contribution is 2.39. The molecule has 2 aromatic carbocycles. The van der Waals surface area contributed by atoms with Crippen molar-refractivity contribution in [3.63, 3.8) is 0 Å². The van der Waals surface area contributed by atoms with Gasteiger partial charge in [0.15, 0.2) is 0 Å². The standard InChI is InChI=1S/C25H33N3O3/c1-16(2)31-25(30)26-23-13-17(3)28(18(4)29)24-12-11-21(14-22(23)24)20-9-7-19(8-10-20)15-27(5)6/h7-12,14,16-17,23H,13,15H2,1-6H3,(H,26,30). The minimum atomic E-state index is -0.437. The lowest BCUT2D eigenvalue weighted by Crippen LogP contribution is -2.45. The lowest BCUT2D eigenvalue weighted by Gasteiger charge is -2.39. The van der Waals surface area contributed by atoms with Gasteiger partial charge in [0.05, 0.1) is 12.1 Å². The Labute approximate surface area is 185 Å². The number of hydrogen-bond donors (Lipinski definition) is 1. The fourth-order valence-corrected chi connectivity index (χ4v) is 4.22. The minimum absolute atomic E-state index is 0.00209. The number of carbonyl (C=O) groups excluding carboxylic acids is 2. The van der Waals surface area contributed by atoms with E-state index in [4.69, 9.17) is 4.74 Å². The molecule has 1 N–H and O–H groups in total. The predicted octanol–water partition coefficient (Wildman–Crippen LogP) is 4.74. The SMILES string of the molecule is CC(=O)N1c2ccc(-c3ccc(CN(C)C)cc3)cc2C(NC(=O)OC(C)C)CC1C. The number of alkyl carbamates (subject to hydrolysis) is 1. The zero-order valence-corrected chi connectivity index (χ0v) is 19.3. The van der Waals surface area contributed by atoms with E-state index in [0.717, 1.165) is 28.9 Å². The van der Waals surface area contributed by atoms with Gasteiger partial charge in [0, 0.05) is 25.2 Å². The highest BCUT2D eigenvalue weighted by molar-refractivity contribution is 5.94. The van der Waals surface area contributed by atoms with E-state index in [0.29, 0.717) is 6.42 Å². The molecule has 1 aliphatic heterocycles. The van der Waals surface area contributed by atoms with Crippen LogP contribution in [0.1, 0.15) is 51.3 Å². The molecule has 2 amide bonds. The summed E-state index contributed by atoms with van der Waals surface area (Å²) in [4.78, 5) is 28.6. The summed E-state index contributed by atoms with van der Waals surface area (Å²) in [5, 5.41) is 3.00. The molecular weight excluding hydrogens is 390 g/mol. The van der Waals surface area contributed by atoms with Crippen LogP contribution in [0.3, 0.4) is 0 Å². The number of amides is 2. The third-order valence-corrected chi connectivity index (χ3v) is 5.44. The zero-order chi connectivity index (χ0) is 22.7. The fourth-order valence-electron chi connectivity index (χ4n) is 4.22. The molecule has 31 heavy (non-hydrogen) atoms. The van der Waals surface area contributed by atoms with Gasteiger partial charge in [0.2, 0.25) is 5.91 Å². The number of hydrogen-bond acceptors (Lipinski definition) is 4. The molecule has 6 nitrogen and oxygen atoms in total. The van der Waals surface area contributed by atoms with Crippen molar-refractivity contribution in [3.05, 3.63) is 53.6 Å². The van der Waals surface area contributed by atoms with Crippen molar-refractivity contribution in [2.75, 3.05) is 19.0 Å². The second-order valence-corrected chi connectivity index (χ2v) is 8.83. The van der Waals surface area contributed by atoms with Crippen molar-refractivity contribution in [1.82, 2.24) is 10.2 Å². The van der Waals surface area contributed by atoms with Crippen molar-refractivity contribution in [1.29, 1.82) is 0 Å². The van der Waals surface area contributed by atoms with Gasteiger partial charge in [0.1, 0.15) is 0 Å². The molecule has 3 rings (SSSR count). The first-order valence-corrected chi connectivity index (χ1v) is 10.8. The molecule has 2 aromatic rings. The first-order chi connectivity index (χ1) is 14.7. The molecule has 166 valence electrons. The van der Waals surface area contributed by atoms with E-state index >= 15 is 0 Å². The quantitative estimate of drug-likeness (QED) is 0.755. The Morgan fingerprint density at radius 1 is 1.13 bits per heavy atom. The van der Waals surface area contributed by atoms with E-state index in [1.165, 1.54) is 5.56 Å². The second-order valence-electron chi connectivity index (χ2n) is 8.83. The van der Waals surface area contributed by atoms with Crippen molar-refractivity contribution in [2.45, 2.75) is 58.8 Å². The largest absolute Gasteiger partial charge is 0.447 e. The Morgan fingerprint density at radius 3 is 2.35 bits per heavy atom. The highest BCUT2D eigenvalue weighted by Gasteiger charge is 2.33. The Bertz CT molecular complexity index is 938. The van der Waals surface area contributed by atoms with E-state index in [9.17, 15) is 9.59 Å². The number of anilines is 1. The van der Waals surface area contributed by atoms with Gasteiger partial charge in [-0.15, -0.1) is 0 Å². The normalized spacial score (nSPS) is 18.1. The van der Waals surface area contributed by atoms with Crippen LogP contribution in [0.2, 0.25) is 0 Å². The van der Waals surface area contributed by atoms with E-state index in [1.54, 1.807) is 6.92 Å². The number of fused-ring (bicyclic) bond motifs is 1. The van der Waals surface area contributed by atoms with Gasteiger partial charge in [-0.2, -0.15) is 0 Å². The third-order valence-electron chi connectivity index (χ3n) is 5.44. The van der Waals surface area contributed by atoms with Crippen LogP contribution >= 0.6 is 0 Å². The van der Waals surface area contributed by atoms with Crippen LogP contribution < -0.4 is 10.2 Å². The first-order valence-electron chi connectivity index (χ1n) is 10.8. The lowest BCUT2D eigenvalue weighted by atomic mass is 9.89. The average molecular weight is 424 g/mol. The van der Waals surface area contributed by atoms with E-state index in [2.05, 4.69) is 54.6 Å². The van der Waals surface area contributed by atoms with Crippen LogP contribution in [0.25, 0.3) is 11.1 Å². The van der Waals surface area contributed by atoms with Gasteiger partial charge in [-0.05, 0) is 75.7 Å². The molecular formula is C25H33N3O3. The van der Waals surface area contributed by atoms with Gasteiger partial charge < -0.3 is 19.9 Å². The van der Waals surface area contributed by atoms with E-state index in [-0.39, 0.29) is 24.1 Å². The van der Waals surface area contributed by atoms with Gasteiger partial charge in [-0.3, -0.25) is 4.79 Å². The molecule has 1 heterocycles. The highest BCUT2D eigenvalue weighted by atomic mass is 16.6. The summed E-state index contributed by atoms with van der Waals surface area (Å²) >= 11 is 0.